The molecular formula is C26H27N3O4. The first kappa shape index (κ1) is 22.2. The number of nitrogens with one attached hydrogen (secondary N) is 3. The lowest BCUT2D eigenvalue weighted by Crippen LogP contribution is -2.32. The van der Waals surface area contributed by atoms with Gasteiger partial charge in [0.25, 0.3) is 0 Å². The van der Waals surface area contributed by atoms with Crippen molar-refractivity contribution in [1.29, 1.82) is 0 Å². The van der Waals surface area contributed by atoms with Crippen molar-refractivity contribution in [3.8, 4) is 11.5 Å². The van der Waals surface area contributed by atoms with Gasteiger partial charge in [0.05, 0.1) is 12.8 Å². The summed E-state index contributed by atoms with van der Waals surface area (Å²) in [6.07, 6.45) is 1.12. The van der Waals surface area contributed by atoms with Crippen molar-refractivity contribution in [3.63, 3.8) is 0 Å². The van der Waals surface area contributed by atoms with Gasteiger partial charge in [-0.05, 0) is 60.9 Å². The second-order valence-electron chi connectivity index (χ2n) is 7.91. The summed E-state index contributed by atoms with van der Waals surface area (Å²) in [6.45, 7) is 2.25. The minimum atomic E-state index is -0.537. The molecule has 0 aliphatic carbocycles. The molecule has 2 amide bonds. The summed E-state index contributed by atoms with van der Waals surface area (Å²) in [5, 5.41) is 8.96. The van der Waals surface area contributed by atoms with Crippen LogP contribution < -0.4 is 25.4 Å². The third-order valence-electron chi connectivity index (χ3n) is 5.46. The van der Waals surface area contributed by atoms with Crippen molar-refractivity contribution in [3.05, 3.63) is 77.9 Å². The molecule has 0 saturated heterocycles. The molecule has 7 nitrogen and oxygen atoms in total. The van der Waals surface area contributed by atoms with E-state index >= 15 is 0 Å². The molecule has 0 fully saturated rings. The molecule has 1 aliphatic heterocycles. The number of carbonyl (C=O) groups excluding carboxylic acids is 2. The Bertz CT molecular complexity index is 1130. The van der Waals surface area contributed by atoms with Crippen LogP contribution in [0.4, 0.5) is 17.1 Å². The number of carbonyl (C=O) groups is 2. The maximum Gasteiger partial charge on any atom is 0.246 e. The van der Waals surface area contributed by atoms with Crippen molar-refractivity contribution >= 4 is 28.9 Å². The van der Waals surface area contributed by atoms with Gasteiger partial charge in [-0.1, -0.05) is 30.3 Å². The Balaban J connectivity index is 1.36. The van der Waals surface area contributed by atoms with E-state index in [9.17, 15) is 9.59 Å². The Morgan fingerprint density at radius 3 is 2.55 bits per heavy atom. The Labute approximate surface area is 193 Å². The fourth-order valence-electron chi connectivity index (χ4n) is 3.61. The SMILES string of the molecule is COc1cc2c(cc1NC(C)C(=O)Nc1ccc(OCc3ccccc3)cc1)NC(=O)CC2. The zero-order chi connectivity index (χ0) is 23.2. The van der Waals surface area contributed by atoms with Gasteiger partial charge in [0, 0.05) is 17.8 Å². The first-order valence-corrected chi connectivity index (χ1v) is 10.9. The minimum absolute atomic E-state index is 0.0133. The third kappa shape index (κ3) is 5.63. The fraction of sp³-hybridized carbons (Fsp3) is 0.231. The maximum atomic E-state index is 12.7. The number of benzene rings is 3. The summed E-state index contributed by atoms with van der Waals surface area (Å²) in [5.41, 5.74) is 4.17. The number of anilines is 3. The van der Waals surface area contributed by atoms with Crippen LogP contribution in [0.2, 0.25) is 0 Å². The summed E-state index contributed by atoms with van der Waals surface area (Å²) >= 11 is 0. The molecule has 0 bridgehead atoms. The molecule has 7 heteroatoms. The van der Waals surface area contributed by atoms with E-state index in [-0.39, 0.29) is 11.8 Å². The molecule has 1 atom stereocenters. The van der Waals surface area contributed by atoms with Gasteiger partial charge < -0.3 is 25.4 Å². The molecule has 1 unspecified atom stereocenters. The number of amides is 2. The van der Waals surface area contributed by atoms with Crippen molar-refractivity contribution in [2.75, 3.05) is 23.1 Å². The largest absolute Gasteiger partial charge is 0.495 e. The summed E-state index contributed by atoms with van der Waals surface area (Å²) in [5.74, 6) is 1.14. The highest BCUT2D eigenvalue weighted by atomic mass is 16.5. The van der Waals surface area contributed by atoms with E-state index in [0.29, 0.717) is 36.6 Å². The van der Waals surface area contributed by atoms with Gasteiger partial charge in [0.15, 0.2) is 0 Å². The molecule has 0 spiro atoms. The third-order valence-corrected chi connectivity index (χ3v) is 5.46. The monoisotopic (exact) mass is 445 g/mol. The highest BCUT2D eigenvalue weighted by Gasteiger charge is 2.20. The van der Waals surface area contributed by atoms with E-state index in [1.807, 2.05) is 54.6 Å². The number of ether oxygens (including phenoxy) is 2. The Morgan fingerprint density at radius 1 is 1.06 bits per heavy atom. The van der Waals surface area contributed by atoms with Crippen LogP contribution in [-0.4, -0.2) is 25.0 Å². The zero-order valence-electron chi connectivity index (χ0n) is 18.7. The zero-order valence-corrected chi connectivity index (χ0v) is 18.7. The quantitative estimate of drug-likeness (QED) is 0.472. The summed E-state index contributed by atoms with van der Waals surface area (Å²) in [6, 6.07) is 20.4. The second-order valence-corrected chi connectivity index (χ2v) is 7.91. The van der Waals surface area contributed by atoms with Gasteiger partial charge in [-0.2, -0.15) is 0 Å². The van der Waals surface area contributed by atoms with E-state index in [1.165, 1.54) is 0 Å². The maximum absolute atomic E-state index is 12.7. The lowest BCUT2D eigenvalue weighted by Gasteiger charge is -2.22. The number of methoxy groups -OCH3 is 1. The molecule has 0 radical (unpaired) electrons. The number of fused-ring (bicyclic) bond motifs is 1. The van der Waals surface area contributed by atoms with Gasteiger partial charge in [0.1, 0.15) is 24.1 Å². The van der Waals surface area contributed by atoms with Crippen LogP contribution in [0.3, 0.4) is 0 Å². The van der Waals surface area contributed by atoms with Gasteiger partial charge in [-0.15, -0.1) is 0 Å². The van der Waals surface area contributed by atoms with Crippen LogP contribution >= 0.6 is 0 Å². The van der Waals surface area contributed by atoms with E-state index in [2.05, 4.69) is 16.0 Å². The average molecular weight is 446 g/mol. The Hall–Kier alpha value is -4.00. The topological polar surface area (TPSA) is 88.7 Å². The molecule has 1 heterocycles. The molecule has 170 valence electrons. The van der Waals surface area contributed by atoms with E-state index in [1.54, 1.807) is 26.2 Å². The highest BCUT2D eigenvalue weighted by molar-refractivity contribution is 5.98. The molecule has 1 aliphatic rings. The van der Waals surface area contributed by atoms with Gasteiger partial charge in [0.2, 0.25) is 11.8 Å². The summed E-state index contributed by atoms with van der Waals surface area (Å²) < 4.78 is 11.3. The summed E-state index contributed by atoms with van der Waals surface area (Å²) in [4.78, 5) is 24.5. The standard InChI is InChI=1S/C26H27N3O4/c1-17(27-23-15-22-19(14-24(23)32-2)8-13-25(30)29-22)26(31)28-20-9-11-21(12-10-20)33-16-18-6-4-3-5-7-18/h3-7,9-12,14-15,17,27H,8,13,16H2,1-2H3,(H,28,31)(H,29,30). The molecular weight excluding hydrogens is 418 g/mol. The number of rotatable bonds is 8. The van der Waals surface area contributed by atoms with E-state index in [0.717, 1.165) is 22.6 Å². The predicted octanol–water partition coefficient (Wildman–Crippen LogP) is 4.60. The van der Waals surface area contributed by atoms with Crippen LogP contribution in [0.1, 0.15) is 24.5 Å². The highest BCUT2D eigenvalue weighted by Crippen LogP contribution is 2.34. The van der Waals surface area contributed by atoms with Gasteiger partial charge in [-0.25, -0.2) is 0 Å². The van der Waals surface area contributed by atoms with Gasteiger partial charge >= 0.3 is 0 Å². The first-order chi connectivity index (χ1) is 16.0. The smallest absolute Gasteiger partial charge is 0.246 e. The van der Waals surface area contributed by atoms with E-state index < -0.39 is 6.04 Å². The van der Waals surface area contributed by atoms with Crippen LogP contribution in [0, 0.1) is 0 Å². The number of hydrogen-bond acceptors (Lipinski definition) is 5. The molecule has 0 aromatic heterocycles. The molecule has 0 saturated carbocycles. The minimum Gasteiger partial charge on any atom is -0.495 e. The summed E-state index contributed by atoms with van der Waals surface area (Å²) in [7, 11) is 1.58. The van der Waals surface area contributed by atoms with Crippen LogP contribution in [0.25, 0.3) is 0 Å². The molecule has 3 N–H and O–H groups in total. The predicted molar refractivity (Wildman–Crippen MR) is 129 cm³/mol. The molecule has 4 rings (SSSR count). The van der Waals surface area contributed by atoms with Gasteiger partial charge in [-0.3, -0.25) is 9.59 Å². The normalized spacial score (nSPS) is 13.3. The fourth-order valence-corrected chi connectivity index (χ4v) is 3.61. The molecule has 3 aromatic rings. The Morgan fingerprint density at radius 2 is 1.82 bits per heavy atom. The van der Waals surface area contributed by atoms with Crippen LogP contribution in [0.15, 0.2) is 66.7 Å². The van der Waals surface area contributed by atoms with Crippen molar-refractivity contribution in [2.24, 2.45) is 0 Å². The lowest BCUT2D eigenvalue weighted by atomic mass is 10.0. The Kier molecular flexibility index (Phi) is 6.78. The van der Waals surface area contributed by atoms with Crippen LogP contribution in [-0.2, 0) is 22.6 Å². The van der Waals surface area contributed by atoms with Crippen molar-refractivity contribution < 1.29 is 19.1 Å². The first-order valence-electron chi connectivity index (χ1n) is 10.9. The lowest BCUT2D eigenvalue weighted by molar-refractivity contribution is -0.117. The van der Waals surface area contributed by atoms with Crippen molar-refractivity contribution in [1.82, 2.24) is 0 Å². The number of hydrogen-bond donors (Lipinski definition) is 3. The van der Waals surface area contributed by atoms with Crippen LogP contribution in [0.5, 0.6) is 11.5 Å². The average Bonchev–Trinajstić information content (AvgIpc) is 2.83. The molecule has 3 aromatic carbocycles. The second kappa shape index (κ2) is 10.1. The van der Waals surface area contributed by atoms with Crippen molar-refractivity contribution in [2.45, 2.75) is 32.4 Å². The number of aryl methyl sites for hydroxylation is 1. The molecule has 33 heavy (non-hydrogen) atoms. The van der Waals surface area contributed by atoms with E-state index in [4.69, 9.17) is 9.47 Å².